The van der Waals surface area contributed by atoms with Gasteiger partial charge in [0.25, 0.3) is 0 Å². The third kappa shape index (κ3) is 4.82. The summed E-state index contributed by atoms with van der Waals surface area (Å²) in [7, 11) is 0. The van der Waals surface area contributed by atoms with Crippen LogP contribution < -0.4 is 11.1 Å². The number of unbranched alkanes of at least 4 members (excludes halogenated alkanes) is 1. The van der Waals surface area contributed by atoms with Gasteiger partial charge in [0, 0.05) is 6.54 Å². The van der Waals surface area contributed by atoms with Crippen LogP contribution in [0.3, 0.4) is 0 Å². The van der Waals surface area contributed by atoms with Crippen LogP contribution in [-0.4, -0.2) is 12.5 Å². The first-order chi connectivity index (χ1) is 7.72. The van der Waals surface area contributed by atoms with E-state index in [4.69, 9.17) is 5.73 Å². The minimum Gasteiger partial charge on any atom is -0.370 e. The number of rotatable bonds is 5. The van der Waals surface area contributed by atoms with Gasteiger partial charge in [-0.1, -0.05) is 43.2 Å². The molecule has 0 heterocycles. The van der Waals surface area contributed by atoms with Gasteiger partial charge in [-0.15, -0.1) is 0 Å². The summed E-state index contributed by atoms with van der Waals surface area (Å²) in [6.45, 7) is 5.78. The van der Waals surface area contributed by atoms with Crippen LogP contribution >= 0.6 is 0 Å². The Bertz CT molecular complexity index is 345. The second-order valence-electron chi connectivity index (χ2n) is 3.97. The predicted octanol–water partition coefficient (Wildman–Crippen LogP) is 2.20. The molecule has 1 aromatic carbocycles. The van der Waals surface area contributed by atoms with Crippen molar-refractivity contribution in [2.45, 2.75) is 33.2 Å². The van der Waals surface area contributed by atoms with Crippen molar-refractivity contribution in [2.24, 2.45) is 10.7 Å². The fourth-order valence-electron chi connectivity index (χ4n) is 1.44. The largest absolute Gasteiger partial charge is 0.370 e. The Balaban J connectivity index is 2.40. The van der Waals surface area contributed by atoms with Crippen molar-refractivity contribution >= 4 is 5.96 Å². The maximum atomic E-state index is 5.74. The predicted molar refractivity (Wildman–Crippen MR) is 69.4 cm³/mol. The number of nitrogens with one attached hydrogen (secondary N) is 1. The number of benzene rings is 1. The highest BCUT2D eigenvalue weighted by atomic mass is 15.1. The number of guanidine groups is 1. The molecule has 1 rings (SSSR count). The van der Waals surface area contributed by atoms with E-state index in [2.05, 4.69) is 42.4 Å². The van der Waals surface area contributed by atoms with E-state index in [0.29, 0.717) is 12.5 Å². The zero-order valence-electron chi connectivity index (χ0n) is 10.2. The number of aryl methyl sites for hydroxylation is 1. The molecule has 3 nitrogen and oxygen atoms in total. The molecule has 0 bridgehead atoms. The molecule has 3 heteroatoms. The Kier molecular flexibility index (Phi) is 5.40. The third-order valence-corrected chi connectivity index (χ3v) is 2.35. The molecular formula is C13H21N3. The zero-order chi connectivity index (χ0) is 11.8. The monoisotopic (exact) mass is 219 g/mol. The summed E-state index contributed by atoms with van der Waals surface area (Å²) in [5.74, 6) is 0.537. The smallest absolute Gasteiger partial charge is 0.188 e. The molecule has 0 radical (unpaired) electrons. The summed E-state index contributed by atoms with van der Waals surface area (Å²) in [5.41, 5.74) is 8.19. The van der Waals surface area contributed by atoms with Crippen LogP contribution in [0.2, 0.25) is 0 Å². The molecule has 1 aromatic rings. The molecule has 16 heavy (non-hydrogen) atoms. The highest BCUT2D eigenvalue weighted by molar-refractivity contribution is 5.77. The lowest BCUT2D eigenvalue weighted by Crippen LogP contribution is -2.32. The quantitative estimate of drug-likeness (QED) is 0.453. The van der Waals surface area contributed by atoms with Crippen LogP contribution in [0.5, 0.6) is 0 Å². The van der Waals surface area contributed by atoms with E-state index >= 15 is 0 Å². The summed E-state index contributed by atoms with van der Waals surface area (Å²) in [6.07, 6.45) is 2.29. The van der Waals surface area contributed by atoms with Gasteiger partial charge < -0.3 is 11.1 Å². The summed E-state index contributed by atoms with van der Waals surface area (Å²) in [4.78, 5) is 4.29. The maximum absolute atomic E-state index is 5.74. The number of hydrogen-bond acceptors (Lipinski definition) is 1. The lowest BCUT2D eigenvalue weighted by atomic mass is 10.1. The van der Waals surface area contributed by atoms with E-state index in [1.165, 1.54) is 11.1 Å². The number of nitrogens with zero attached hydrogens (tertiary/aromatic N) is 1. The average Bonchev–Trinajstić information content (AvgIpc) is 2.27. The Labute approximate surface area is 97.8 Å². The molecule has 0 aliphatic heterocycles. The Morgan fingerprint density at radius 1 is 1.44 bits per heavy atom. The summed E-state index contributed by atoms with van der Waals surface area (Å²) in [6, 6.07) is 8.32. The maximum Gasteiger partial charge on any atom is 0.188 e. The van der Waals surface area contributed by atoms with Gasteiger partial charge in [-0.25, -0.2) is 4.99 Å². The van der Waals surface area contributed by atoms with Gasteiger partial charge in [-0.2, -0.15) is 0 Å². The average molecular weight is 219 g/mol. The Morgan fingerprint density at radius 2 is 2.25 bits per heavy atom. The van der Waals surface area contributed by atoms with E-state index in [-0.39, 0.29) is 0 Å². The molecule has 0 aliphatic carbocycles. The minimum atomic E-state index is 0.537. The van der Waals surface area contributed by atoms with E-state index in [1.807, 2.05) is 6.07 Å². The Morgan fingerprint density at radius 3 is 2.94 bits per heavy atom. The van der Waals surface area contributed by atoms with Gasteiger partial charge >= 0.3 is 0 Å². The van der Waals surface area contributed by atoms with Crippen LogP contribution in [0.4, 0.5) is 0 Å². The molecule has 0 saturated heterocycles. The van der Waals surface area contributed by atoms with E-state index in [9.17, 15) is 0 Å². The summed E-state index contributed by atoms with van der Waals surface area (Å²) in [5, 5.41) is 3.10. The van der Waals surface area contributed by atoms with Crippen LogP contribution in [0, 0.1) is 6.92 Å². The second-order valence-corrected chi connectivity index (χ2v) is 3.97. The summed E-state index contributed by atoms with van der Waals surface area (Å²) < 4.78 is 0. The number of nitrogens with two attached hydrogens (primary N) is 1. The SMILES string of the molecule is CCCCNC(N)=NCc1cccc(C)c1. The fourth-order valence-corrected chi connectivity index (χ4v) is 1.44. The molecule has 0 aliphatic rings. The van der Waals surface area contributed by atoms with Gasteiger partial charge in [0.1, 0.15) is 0 Å². The number of aliphatic imine (C=N–C) groups is 1. The van der Waals surface area contributed by atoms with Gasteiger partial charge in [-0.3, -0.25) is 0 Å². The fraction of sp³-hybridized carbons (Fsp3) is 0.462. The molecule has 0 saturated carbocycles. The molecule has 0 atom stereocenters. The van der Waals surface area contributed by atoms with Crippen LogP contribution in [0.15, 0.2) is 29.3 Å². The number of hydrogen-bond donors (Lipinski definition) is 2. The topological polar surface area (TPSA) is 50.4 Å². The molecule has 0 unspecified atom stereocenters. The molecular weight excluding hydrogens is 198 g/mol. The van der Waals surface area contributed by atoms with Crippen molar-refractivity contribution in [3.05, 3.63) is 35.4 Å². The van der Waals surface area contributed by atoms with Crippen molar-refractivity contribution in [1.29, 1.82) is 0 Å². The Hall–Kier alpha value is -1.51. The molecule has 3 N–H and O–H groups in total. The van der Waals surface area contributed by atoms with Crippen LogP contribution in [-0.2, 0) is 6.54 Å². The van der Waals surface area contributed by atoms with E-state index in [0.717, 1.165) is 19.4 Å². The van der Waals surface area contributed by atoms with Crippen molar-refractivity contribution in [3.63, 3.8) is 0 Å². The molecule has 88 valence electrons. The summed E-state index contributed by atoms with van der Waals surface area (Å²) >= 11 is 0. The van der Waals surface area contributed by atoms with E-state index < -0.39 is 0 Å². The van der Waals surface area contributed by atoms with Crippen LogP contribution in [0.25, 0.3) is 0 Å². The molecule has 0 fully saturated rings. The highest BCUT2D eigenvalue weighted by Crippen LogP contribution is 2.04. The van der Waals surface area contributed by atoms with Crippen molar-refractivity contribution in [1.82, 2.24) is 5.32 Å². The van der Waals surface area contributed by atoms with Gasteiger partial charge in [-0.05, 0) is 18.9 Å². The normalized spacial score (nSPS) is 11.5. The van der Waals surface area contributed by atoms with Gasteiger partial charge in [0.2, 0.25) is 0 Å². The molecule has 0 aromatic heterocycles. The minimum absolute atomic E-state index is 0.537. The first-order valence-corrected chi connectivity index (χ1v) is 5.81. The second kappa shape index (κ2) is 6.88. The van der Waals surface area contributed by atoms with Crippen molar-refractivity contribution in [2.75, 3.05) is 6.54 Å². The highest BCUT2D eigenvalue weighted by Gasteiger charge is 1.93. The van der Waals surface area contributed by atoms with Crippen LogP contribution in [0.1, 0.15) is 30.9 Å². The zero-order valence-corrected chi connectivity index (χ0v) is 10.2. The van der Waals surface area contributed by atoms with Crippen molar-refractivity contribution in [3.8, 4) is 0 Å². The first-order valence-electron chi connectivity index (χ1n) is 5.81. The van der Waals surface area contributed by atoms with Crippen molar-refractivity contribution < 1.29 is 0 Å². The van der Waals surface area contributed by atoms with E-state index in [1.54, 1.807) is 0 Å². The van der Waals surface area contributed by atoms with Gasteiger partial charge in [0.05, 0.1) is 6.54 Å². The molecule has 0 spiro atoms. The van der Waals surface area contributed by atoms with Gasteiger partial charge in [0.15, 0.2) is 5.96 Å². The third-order valence-electron chi connectivity index (χ3n) is 2.35. The molecule has 0 amide bonds. The lowest BCUT2D eigenvalue weighted by molar-refractivity contribution is 0.748. The first kappa shape index (κ1) is 12.6. The lowest BCUT2D eigenvalue weighted by Gasteiger charge is -2.04. The standard InChI is InChI=1S/C13H21N3/c1-3-4-8-15-13(14)16-10-12-7-5-6-11(2)9-12/h5-7,9H,3-4,8,10H2,1-2H3,(H3,14,15,16).